The van der Waals surface area contributed by atoms with Crippen LogP contribution in [0, 0.1) is 0 Å². The molecule has 1 aliphatic rings. The second-order valence-electron chi connectivity index (χ2n) is 7.88. The molecule has 3 aromatic carbocycles. The van der Waals surface area contributed by atoms with E-state index in [9.17, 15) is 9.59 Å². The fraction of sp³-hybridized carbons (Fsp3) is 0.185. The van der Waals surface area contributed by atoms with Gasteiger partial charge in [-0.3, -0.25) is 9.59 Å². The Labute approximate surface area is 203 Å². The van der Waals surface area contributed by atoms with E-state index in [1.165, 1.54) is 11.8 Å². The number of fused-ring (bicyclic) bond motifs is 1. The molecule has 1 aliphatic heterocycles. The van der Waals surface area contributed by atoms with E-state index in [4.69, 9.17) is 9.47 Å². The zero-order chi connectivity index (χ0) is 24.2. The van der Waals surface area contributed by atoms with Gasteiger partial charge in [-0.05, 0) is 54.5 Å². The van der Waals surface area contributed by atoms with Crippen LogP contribution in [0.1, 0.15) is 34.5 Å². The van der Waals surface area contributed by atoms with Crippen molar-refractivity contribution in [2.24, 2.45) is 0 Å². The molecule has 34 heavy (non-hydrogen) atoms. The fourth-order valence-electron chi connectivity index (χ4n) is 3.73. The summed E-state index contributed by atoms with van der Waals surface area (Å²) in [6.07, 6.45) is 1.83. The average Bonchev–Trinajstić information content (AvgIpc) is 2.87. The number of carbonyl (C=O) groups excluding carboxylic acids is 2. The summed E-state index contributed by atoms with van der Waals surface area (Å²) in [6.45, 7) is 1.95. The maximum absolute atomic E-state index is 13.1. The van der Waals surface area contributed by atoms with Crippen LogP contribution in [0.15, 0.2) is 76.5 Å². The molecule has 0 aromatic heterocycles. The third kappa shape index (κ3) is 4.79. The minimum Gasteiger partial charge on any atom is -0.493 e. The number of amides is 2. The van der Waals surface area contributed by atoms with Gasteiger partial charge in [0.2, 0.25) is 0 Å². The Kier molecular flexibility index (Phi) is 6.93. The Balaban J connectivity index is 1.56. The fourth-order valence-corrected chi connectivity index (χ4v) is 4.83. The van der Waals surface area contributed by atoms with Gasteiger partial charge >= 0.3 is 0 Å². The van der Waals surface area contributed by atoms with Gasteiger partial charge in [0.15, 0.2) is 11.5 Å². The number of methoxy groups -OCH3 is 2. The number of likely N-dealkylation sites (N-methyl/N-ethyl adjacent to an activating group) is 1. The molecule has 1 heterocycles. The molecule has 0 saturated heterocycles. The van der Waals surface area contributed by atoms with E-state index < -0.39 is 0 Å². The first-order valence-corrected chi connectivity index (χ1v) is 11.6. The number of anilines is 1. The summed E-state index contributed by atoms with van der Waals surface area (Å²) in [6, 6.07) is 20.6. The second kappa shape index (κ2) is 10.1. The maximum Gasteiger partial charge on any atom is 0.264 e. The molecule has 0 saturated carbocycles. The van der Waals surface area contributed by atoms with Crippen LogP contribution in [0.4, 0.5) is 5.69 Å². The highest BCUT2D eigenvalue weighted by Crippen LogP contribution is 2.42. The molecule has 0 radical (unpaired) electrons. The van der Waals surface area contributed by atoms with Crippen molar-refractivity contribution < 1.29 is 19.1 Å². The molecule has 0 aliphatic carbocycles. The molecule has 3 aromatic rings. The van der Waals surface area contributed by atoms with Gasteiger partial charge in [-0.25, -0.2) is 0 Å². The van der Waals surface area contributed by atoms with Crippen LogP contribution >= 0.6 is 11.8 Å². The number of hydrogen-bond acceptors (Lipinski definition) is 5. The first-order valence-electron chi connectivity index (χ1n) is 10.8. The van der Waals surface area contributed by atoms with E-state index in [0.717, 1.165) is 16.0 Å². The number of hydrogen-bond donors (Lipinski definition) is 1. The Morgan fingerprint density at radius 2 is 1.74 bits per heavy atom. The summed E-state index contributed by atoms with van der Waals surface area (Å²) in [4.78, 5) is 29.0. The van der Waals surface area contributed by atoms with Crippen LogP contribution in [0.3, 0.4) is 0 Å². The lowest BCUT2D eigenvalue weighted by molar-refractivity contribution is -0.114. The lowest BCUT2D eigenvalue weighted by Gasteiger charge is -2.27. The van der Waals surface area contributed by atoms with Gasteiger partial charge in [0, 0.05) is 17.5 Å². The summed E-state index contributed by atoms with van der Waals surface area (Å²) in [5.41, 5.74) is 3.08. The van der Waals surface area contributed by atoms with Gasteiger partial charge in [0.25, 0.3) is 11.8 Å². The Bertz CT molecular complexity index is 1260. The molecular weight excluding hydrogens is 448 g/mol. The predicted octanol–water partition coefficient (Wildman–Crippen LogP) is 5.30. The lowest BCUT2D eigenvalue weighted by Crippen LogP contribution is -2.31. The van der Waals surface area contributed by atoms with E-state index in [1.807, 2.05) is 67.6 Å². The van der Waals surface area contributed by atoms with Crippen molar-refractivity contribution in [1.82, 2.24) is 5.32 Å². The average molecular weight is 475 g/mol. The molecule has 7 heteroatoms. The normalized spacial score (nSPS) is 15.0. The SMILES string of the molecule is COc1ccc(C=C2Sc3ccc(C(=O)NC(C)c4ccccc4)cc3N(C)C2=O)cc1OC. The van der Waals surface area contributed by atoms with Crippen LogP contribution < -0.4 is 19.7 Å². The molecule has 6 nitrogen and oxygen atoms in total. The van der Waals surface area contributed by atoms with Gasteiger partial charge in [0.05, 0.1) is 30.9 Å². The summed E-state index contributed by atoms with van der Waals surface area (Å²) in [5.74, 6) is 0.903. The van der Waals surface area contributed by atoms with Crippen LogP contribution in [0.2, 0.25) is 0 Å². The minimum atomic E-state index is -0.184. The standard InChI is InChI=1S/C27H26N2O4S/c1-17(19-8-6-5-7-9-19)28-26(30)20-11-13-24-21(16-20)29(2)27(31)25(34-24)15-18-10-12-22(32-3)23(14-18)33-4/h5-17H,1-4H3,(H,28,30). The van der Waals surface area contributed by atoms with E-state index in [2.05, 4.69) is 5.32 Å². The molecule has 4 rings (SSSR count). The molecule has 174 valence electrons. The van der Waals surface area contributed by atoms with Crippen molar-refractivity contribution in [3.05, 3.63) is 88.3 Å². The monoisotopic (exact) mass is 474 g/mol. The van der Waals surface area contributed by atoms with Gasteiger partial charge < -0.3 is 19.7 Å². The van der Waals surface area contributed by atoms with Crippen molar-refractivity contribution >= 4 is 35.3 Å². The van der Waals surface area contributed by atoms with Gasteiger partial charge in [-0.2, -0.15) is 0 Å². The summed E-state index contributed by atoms with van der Waals surface area (Å²) < 4.78 is 10.7. The molecule has 0 spiro atoms. The van der Waals surface area contributed by atoms with E-state index in [0.29, 0.717) is 27.7 Å². The summed E-state index contributed by atoms with van der Waals surface area (Å²) in [7, 11) is 4.88. The van der Waals surface area contributed by atoms with Crippen molar-refractivity contribution in [3.8, 4) is 11.5 Å². The smallest absolute Gasteiger partial charge is 0.264 e. The summed E-state index contributed by atoms with van der Waals surface area (Å²) in [5, 5.41) is 3.02. The molecule has 0 fully saturated rings. The topological polar surface area (TPSA) is 67.9 Å². The Hall–Kier alpha value is -3.71. The largest absolute Gasteiger partial charge is 0.493 e. The minimum absolute atomic E-state index is 0.130. The third-order valence-corrected chi connectivity index (χ3v) is 6.75. The van der Waals surface area contributed by atoms with Gasteiger partial charge in [-0.15, -0.1) is 0 Å². The van der Waals surface area contributed by atoms with Crippen molar-refractivity contribution in [1.29, 1.82) is 0 Å². The number of benzene rings is 3. The van der Waals surface area contributed by atoms with Crippen LogP contribution in [-0.2, 0) is 4.79 Å². The van der Waals surface area contributed by atoms with Gasteiger partial charge in [0.1, 0.15) is 0 Å². The predicted molar refractivity (Wildman–Crippen MR) is 136 cm³/mol. The lowest BCUT2D eigenvalue weighted by atomic mass is 10.1. The third-order valence-electron chi connectivity index (χ3n) is 5.67. The molecule has 0 bridgehead atoms. The molecule has 1 unspecified atom stereocenters. The highest BCUT2D eigenvalue weighted by atomic mass is 32.2. The van der Waals surface area contributed by atoms with Crippen LogP contribution in [0.5, 0.6) is 11.5 Å². The molecule has 1 atom stereocenters. The zero-order valence-electron chi connectivity index (χ0n) is 19.5. The van der Waals surface area contributed by atoms with Crippen molar-refractivity contribution in [3.63, 3.8) is 0 Å². The van der Waals surface area contributed by atoms with E-state index >= 15 is 0 Å². The number of nitrogens with zero attached hydrogens (tertiary/aromatic N) is 1. The molecule has 1 N–H and O–H groups in total. The number of carbonyl (C=O) groups is 2. The molecular formula is C27H26N2O4S. The first-order chi connectivity index (χ1) is 16.4. The number of ether oxygens (including phenoxy) is 2. The van der Waals surface area contributed by atoms with Crippen LogP contribution in [-0.4, -0.2) is 33.1 Å². The quantitative estimate of drug-likeness (QED) is 0.491. The van der Waals surface area contributed by atoms with Crippen LogP contribution in [0.25, 0.3) is 6.08 Å². The van der Waals surface area contributed by atoms with Crippen molar-refractivity contribution in [2.75, 3.05) is 26.2 Å². The summed E-state index contributed by atoms with van der Waals surface area (Å²) >= 11 is 1.38. The van der Waals surface area contributed by atoms with E-state index in [-0.39, 0.29) is 17.9 Å². The highest BCUT2D eigenvalue weighted by molar-refractivity contribution is 8.04. The van der Waals surface area contributed by atoms with Gasteiger partial charge in [-0.1, -0.05) is 48.2 Å². The number of nitrogens with one attached hydrogen (secondary N) is 1. The Morgan fingerprint density at radius 3 is 2.44 bits per heavy atom. The molecule has 2 amide bonds. The maximum atomic E-state index is 13.1. The highest BCUT2D eigenvalue weighted by Gasteiger charge is 2.27. The zero-order valence-corrected chi connectivity index (χ0v) is 20.3. The number of thioether (sulfide) groups is 1. The Morgan fingerprint density at radius 1 is 1.00 bits per heavy atom. The van der Waals surface area contributed by atoms with Crippen molar-refractivity contribution in [2.45, 2.75) is 17.9 Å². The number of rotatable bonds is 6. The first kappa shape index (κ1) is 23.4. The second-order valence-corrected chi connectivity index (χ2v) is 8.96. The van der Waals surface area contributed by atoms with E-state index in [1.54, 1.807) is 38.3 Å².